The van der Waals surface area contributed by atoms with Crippen molar-refractivity contribution in [1.82, 2.24) is 4.90 Å². The van der Waals surface area contributed by atoms with Gasteiger partial charge < -0.3 is 19.7 Å². The Morgan fingerprint density at radius 3 is 2.67 bits per heavy atom. The zero-order chi connectivity index (χ0) is 15.2. The van der Waals surface area contributed by atoms with Crippen molar-refractivity contribution in [1.29, 1.82) is 0 Å². The molecule has 0 saturated carbocycles. The van der Waals surface area contributed by atoms with Crippen LogP contribution in [0, 0.1) is 0 Å². The number of carbonyl (C=O) groups excluding carboxylic acids is 1. The van der Waals surface area contributed by atoms with Crippen molar-refractivity contribution in [2.75, 3.05) is 44.1 Å². The number of rotatable bonds is 3. The molecule has 7 heteroatoms. The number of hydrogen-bond donors (Lipinski definition) is 1. The molecule has 2 amide bonds. The van der Waals surface area contributed by atoms with Gasteiger partial charge in [-0.1, -0.05) is 0 Å². The van der Waals surface area contributed by atoms with E-state index in [4.69, 9.17) is 9.47 Å². The predicted molar refractivity (Wildman–Crippen MR) is 89.8 cm³/mol. The van der Waals surface area contributed by atoms with Crippen molar-refractivity contribution in [3.05, 3.63) is 16.6 Å². The first kappa shape index (κ1) is 16.3. The summed E-state index contributed by atoms with van der Waals surface area (Å²) in [4.78, 5) is 14.2. The molecule has 5 nitrogen and oxygen atoms in total. The Balaban J connectivity index is 2.12. The van der Waals surface area contributed by atoms with Gasteiger partial charge in [0, 0.05) is 35.4 Å². The number of carbonyl (C=O) groups is 1. The first-order valence-electron chi connectivity index (χ1n) is 6.71. The van der Waals surface area contributed by atoms with Gasteiger partial charge in [-0.2, -0.15) is 11.8 Å². The molecular weight excluding hydrogens is 356 g/mol. The van der Waals surface area contributed by atoms with Crippen LogP contribution in [-0.4, -0.2) is 49.7 Å². The number of halogens is 1. The van der Waals surface area contributed by atoms with Crippen LogP contribution in [0.1, 0.15) is 6.42 Å². The number of thioether (sulfide) groups is 1. The summed E-state index contributed by atoms with van der Waals surface area (Å²) in [5, 5.41) is 2.93. The van der Waals surface area contributed by atoms with E-state index in [9.17, 15) is 4.79 Å². The maximum Gasteiger partial charge on any atom is 0.321 e. The van der Waals surface area contributed by atoms with Crippen LogP contribution >= 0.6 is 27.7 Å². The first-order chi connectivity index (χ1) is 10.2. The molecule has 116 valence electrons. The zero-order valence-corrected chi connectivity index (χ0v) is 14.6. The summed E-state index contributed by atoms with van der Waals surface area (Å²) in [5.41, 5.74) is 0.676. The van der Waals surface area contributed by atoms with Crippen LogP contribution in [0.25, 0.3) is 0 Å². The van der Waals surface area contributed by atoms with E-state index in [0.29, 0.717) is 17.2 Å². The minimum atomic E-state index is -0.0783. The molecule has 1 aliphatic rings. The van der Waals surface area contributed by atoms with E-state index >= 15 is 0 Å². The van der Waals surface area contributed by atoms with E-state index in [1.54, 1.807) is 26.4 Å². The summed E-state index contributed by atoms with van der Waals surface area (Å²) in [6, 6.07) is 3.46. The van der Waals surface area contributed by atoms with E-state index < -0.39 is 0 Å². The van der Waals surface area contributed by atoms with Crippen LogP contribution in [0.4, 0.5) is 10.5 Å². The summed E-state index contributed by atoms with van der Waals surface area (Å²) in [7, 11) is 3.15. The third-order valence-corrected chi connectivity index (χ3v) is 4.93. The van der Waals surface area contributed by atoms with Crippen LogP contribution in [0.2, 0.25) is 0 Å². The Labute approximate surface area is 137 Å². The Kier molecular flexibility index (Phi) is 6.05. The monoisotopic (exact) mass is 374 g/mol. The summed E-state index contributed by atoms with van der Waals surface area (Å²) in [6.45, 7) is 1.57. The molecule has 0 atom stereocenters. The average Bonchev–Trinajstić information content (AvgIpc) is 2.78. The molecule has 0 spiro atoms. The van der Waals surface area contributed by atoms with Gasteiger partial charge in [0.15, 0.2) is 11.5 Å². The van der Waals surface area contributed by atoms with Gasteiger partial charge >= 0.3 is 6.03 Å². The molecule has 1 aliphatic heterocycles. The molecule has 1 aromatic carbocycles. The molecule has 0 bridgehead atoms. The van der Waals surface area contributed by atoms with E-state index in [2.05, 4.69) is 21.2 Å². The fourth-order valence-electron chi connectivity index (χ4n) is 2.09. The van der Waals surface area contributed by atoms with Gasteiger partial charge in [0.05, 0.1) is 19.9 Å². The van der Waals surface area contributed by atoms with Crippen LogP contribution in [-0.2, 0) is 0 Å². The minimum Gasteiger partial charge on any atom is -0.493 e. The molecule has 0 unspecified atom stereocenters. The highest BCUT2D eigenvalue weighted by Gasteiger charge is 2.18. The standard InChI is InChI=1S/C14H19BrN2O3S/c1-19-12-8-10(15)11(9-13(12)20-2)16-14(18)17-4-3-6-21-7-5-17/h8-9H,3-7H2,1-2H3,(H,16,18). The van der Waals surface area contributed by atoms with Gasteiger partial charge in [0.2, 0.25) is 0 Å². The zero-order valence-electron chi connectivity index (χ0n) is 12.1. The Hall–Kier alpha value is -1.08. The molecule has 21 heavy (non-hydrogen) atoms. The number of amides is 2. The second kappa shape index (κ2) is 7.79. The molecule has 1 N–H and O–H groups in total. The second-order valence-corrected chi connectivity index (χ2v) is 6.65. The molecule has 2 rings (SSSR count). The summed E-state index contributed by atoms with van der Waals surface area (Å²) >= 11 is 5.34. The topological polar surface area (TPSA) is 50.8 Å². The molecule has 0 aliphatic carbocycles. The number of hydrogen-bond acceptors (Lipinski definition) is 4. The highest BCUT2D eigenvalue weighted by atomic mass is 79.9. The maximum atomic E-state index is 12.3. The van der Waals surface area contributed by atoms with Crippen molar-refractivity contribution < 1.29 is 14.3 Å². The van der Waals surface area contributed by atoms with Gasteiger partial charge in [0.1, 0.15) is 0 Å². The molecule has 1 aromatic rings. The van der Waals surface area contributed by atoms with Crippen LogP contribution in [0.5, 0.6) is 11.5 Å². The van der Waals surface area contributed by atoms with Crippen molar-refractivity contribution >= 4 is 39.4 Å². The van der Waals surface area contributed by atoms with E-state index in [-0.39, 0.29) is 6.03 Å². The Bertz CT molecular complexity index is 505. The molecular formula is C14H19BrN2O3S. The summed E-state index contributed by atoms with van der Waals surface area (Å²) in [5.74, 6) is 3.31. The molecule has 0 radical (unpaired) electrons. The van der Waals surface area contributed by atoms with Crippen molar-refractivity contribution in [3.63, 3.8) is 0 Å². The highest BCUT2D eigenvalue weighted by molar-refractivity contribution is 9.10. The third kappa shape index (κ3) is 4.20. The van der Waals surface area contributed by atoms with Crippen molar-refractivity contribution in [3.8, 4) is 11.5 Å². The quantitative estimate of drug-likeness (QED) is 0.880. The van der Waals surface area contributed by atoms with Crippen molar-refractivity contribution in [2.24, 2.45) is 0 Å². The fourth-order valence-corrected chi connectivity index (χ4v) is 3.40. The van der Waals surface area contributed by atoms with Gasteiger partial charge in [-0.25, -0.2) is 4.79 Å². The van der Waals surface area contributed by atoms with Crippen LogP contribution < -0.4 is 14.8 Å². The minimum absolute atomic E-state index is 0.0783. The lowest BCUT2D eigenvalue weighted by Crippen LogP contribution is -2.36. The highest BCUT2D eigenvalue weighted by Crippen LogP contribution is 2.36. The Morgan fingerprint density at radius 1 is 1.24 bits per heavy atom. The number of methoxy groups -OCH3 is 2. The molecule has 1 saturated heterocycles. The van der Waals surface area contributed by atoms with Gasteiger partial charge in [-0.15, -0.1) is 0 Å². The molecule has 1 fully saturated rings. The summed E-state index contributed by atoms with van der Waals surface area (Å²) in [6.07, 6.45) is 1.03. The first-order valence-corrected chi connectivity index (χ1v) is 8.65. The predicted octanol–water partition coefficient (Wildman–Crippen LogP) is 3.44. The lowest BCUT2D eigenvalue weighted by atomic mass is 10.2. The Morgan fingerprint density at radius 2 is 1.95 bits per heavy atom. The number of nitrogens with zero attached hydrogens (tertiary/aromatic N) is 1. The second-order valence-electron chi connectivity index (χ2n) is 4.57. The smallest absolute Gasteiger partial charge is 0.321 e. The number of nitrogens with one attached hydrogen (secondary N) is 1. The van der Waals surface area contributed by atoms with Crippen molar-refractivity contribution in [2.45, 2.75) is 6.42 Å². The van der Waals surface area contributed by atoms with Crippen LogP contribution in [0.3, 0.4) is 0 Å². The average molecular weight is 375 g/mol. The SMILES string of the molecule is COc1cc(Br)c(NC(=O)N2CCCSCC2)cc1OC. The third-order valence-electron chi connectivity index (χ3n) is 3.22. The van der Waals surface area contributed by atoms with E-state index in [0.717, 1.165) is 35.5 Å². The largest absolute Gasteiger partial charge is 0.493 e. The number of ether oxygens (including phenoxy) is 2. The summed E-state index contributed by atoms with van der Waals surface area (Å²) < 4.78 is 11.3. The number of anilines is 1. The van der Waals surface area contributed by atoms with E-state index in [1.807, 2.05) is 16.7 Å². The maximum absolute atomic E-state index is 12.3. The normalized spacial score (nSPS) is 15.3. The molecule has 1 heterocycles. The van der Waals surface area contributed by atoms with Crippen LogP contribution in [0.15, 0.2) is 16.6 Å². The molecule has 0 aromatic heterocycles. The van der Waals surface area contributed by atoms with Gasteiger partial charge in [-0.05, 0) is 28.1 Å². The lowest BCUT2D eigenvalue weighted by Gasteiger charge is -2.21. The number of benzene rings is 1. The van der Waals surface area contributed by atoms with E-state index in [1.165, 1.54) is 0 Å². The van der Waals surface area contributed by atoms with Gasteiger partial charge in [-0.3, -0.25) is 0 Å². The van der Waals surface area contributed by atoms with Gasteiger partial charge in [0.25, 0.3) is 0 Å². The number of urea groups is 1. The fraction of sp³-hybridized carbons (Fsp3) is 0.500. The lowest BCUT2D eigenvalue weighted by molar-refractivity contribution is 0.216.